The van der Waals surface area contributed by atoms with Crippen LogP contribution in [0.15, 0.2) is 22.7 Å². The lowest BCUT2D eigenvalue weighted by atomic mass is 10.0. The molecule has 0 radical (unpaired) electrons. The molecule has 0 heterocycles. The first kappa shape index (κ1) is 16.6. The molecule has 0 spiro atoms. The highest BCUT2D eigenvalue weighted by molar-refractivity contribution is 9.10. The molecule has 2 atom stereocenters. The number of benzene rings is 1. The molecular weight excluding hydrogens is 307 g/mol. The maximum atomic E-state index is 13.9. The van der Waals surface area contributed by atoms with Crippen molar-refractivity contribution in [1.82, 2.24) is 4.90 Å². The SMILES string of the molecule is CC(C)C(N)CCN(C)C(C)c1ccc(Br)cc1F. The van der Waals surface area contributed by atoms with Crippen molar-refractivity contribution >= 4 is 15.9 Å². The molecule has 2 unspecified atom stereocenters. The number of hydrogen-bond donors (Lipinski definition) is 1. The smallest absolute Gasteiger partial charge is 0.129 e. The number of halogens is 2. The molecule has 0 fully saturated rings. The van der Waals surface area contributed by atoms with Gasteiger partial charge in [0.25, 0.3) is 0 Å². The van der Waals surface area contributed by atoms with E-state index in [1.54, 1.807) is 0 Å². The van der Waals surface area contributed by atoms with Crippen molar-refractivity contribution in [2.75, 3.05) is 13.6 Å². The Labute approximate surface area is 124 Å². The Hall–Kier alpha value is -0.450. The summed E-state index contributed by atoms with van der Waals surface area (Å²) in [4.78, 5) is 2.15. The summed E-state index contributed by atoms with van der Waals surface area (Å²) < 4.78 is 14.7. The lowest BCUT2D eigenvalue weighted by Gasteiger charge is -2.27. The highest BCUT2D eigenvalue weighted by Gasteiger charge is 2.17. The van der Waals surface area contributed by atoms with Crippen molar-refractivity contribution in [2.45, 2.75) is 39.3 Å². The van der Waals surface area contributed by atoms with Gasteiger partial charge in [-0.15, -0.1) is 0 Å². The molecule has 1 aromatic carbocycles. The van der Waals surface area contributed by atoms with Crippen LogP contribution in [0, 0.1) is 11.7 Å². The van der Waals surface area contributed by atoms with E-state index in [9.17, 15) is 4.39 Å². The Morgan fingerprint density at radius 3 is 2.47 bits per heavy atom. The quantitative estimate of drug-likeness (QED) is 0.855. The predicted molar refractivity (Wildman–Crippen MR) is 82.6 cm³/mol. The number of nitrogens with zero attached hydrogens (tertiary/aromatic N) is 1. The van der Waals surface area contributed by atoms with Crippen LogP contribution in [0.2, 0.25) is 0 Å². The van der Waals surface area contributed by atoms with Gasteiger partial charge in [0.05, 0.1) is 0 Å². The van der Waals surface area contributed by atoms with Gasteiger partial charge in [-0.2, -0.15) is 0 Å². The standard InChI is InChI=1S/C15H24BrFN2/c1-10(2)15(18)7-8-19(4)11(3)13-6-5-12(16)9-14(13)17/h5-6,9-11,15H,7-8,18H2,1-4H3. The van der Waals surface area contributed by atoms with Crippen molar-refractivity contribution in [2.24, 2.45) is 11.7 Å². The molecule has 0 amide bonds. The van der Waals surface area contributed by atoms with E-state index in [-0.39, 0.29) is 17.9 Å². The van der Waals surface area contributed by atoms with Crippen LogP contribution in [-0.2, 0) is 0 Å². The van der Waals surface area contributed by atoms with Crippen molar-refractivity contribution < 1.29 is 4.39 Å². The minimum atomic E-state index is -0.165. The molecule has 19 heavy (non-hydrogen) atoms. The molecule has 0 aliphatic heterocycles. The fourth-order valence-electron chi connectivity index (χ4n) is 1.96. The summed E-state index contributed by atoms with van der Waals surface area (Å²) in [5, 5.41) is 0. The van der Waals surface area contributed by atoms with Gasteiger partial charge < -0.3 is 5.73 Å². The topological polar surface area (TPSA) is 29.3 Å². The highest BCUT2D eigenvalue weighted by Crippen LogP contribution is 2.24. The minimum Gasteiger partial charge on any atom is -0.327 e. The van der Waals surface area contributed by atoms with E-state index in [2.05, 4.69) is 34.7 Å². The van der Waals surface area contributed by atoms with E-state index in [4.69, 9.17) is 5.73 Å². The zero-order valence-electron chi connectivity index (χ0n) is 12.2. The van der Waals surface area contributed by atoms with Gasteiger partial charge >= 0.3 is 0 Å². The lowest BCUT2D eigenvalue weighted by molar-refractivity contribution is 0.239. The van der Waals surface area contributed by atoms with Crippen LogP contribution in [0.4, 0.5) is 4.39 Å². The van der Waals surface area contributed by atoms with E-state index < -0.39 is 0 Å². The third-order valence-electron chi connectivity index (χ3n) is 3.75. The van der Waals surface area contributed by atoms with Crippen LogP contribution < -0.4 is 5.73 Å². The number of nitrogens with two attached hydrogens (primary N) is 1. The zero-order valence-corrected chi connectivity index (χ0v) is 13.7. The highest BCUT2D eigenvalue weighted by atomic mass is 79.9. The van der Waals surface area contributed by atoms with E-state index in [1.807, 2.05) is 26.1 Å². The summed E-state index contributed by atoms with van der Waals surface area (Å²) in [5.41, 5.74) is 6.77. The summed E-state index contributed by atoms with van der Waals surface area (Å²) in [7, 11) is 2.01. The summed E-state index contributed by atoms with van der Waals surface area (Å²) in [6.45, 7) is 7.15. The molecule has 1 rings (SSSR count). The van der Waals surface area contributed by atoms with Crippen LogP contribution in [0.5, 0.6) is 0 Å². The lowest BCUT2D eigenvalue weighted by Crippen LogP contribution is -2.33. The van der Waals surface area contributed by atoms with Crippen LogP contribution in [0.1, 0.15) is 38.8 Å². The van der Waals surface area contributed by atoms with Crippen LogP contribution in [0.25, 0.3) is 0 Å². The molecular formula is C15H24BrFN2. The van der Waals surface area contributed by atoms with Gasteiger partial charge in [0.15, 0.2) is 0 Å². The maximum absolute atomic E-state index is 13.9. The van der Waals surface area contributed by atoms with Gasteiger partial charge in [-0.05, 0) is 45.0 Å². The summed E-state index contributed by atoms with van der Waals surface area (Å²) >= 11 is 3.28. The molecule has 4 heteroatoms. The molecule has 0 aliphatic carbocycles. The number of hydrogen-bond acceptors (Lipinski definition) is 2. The van der Waals surface area contributed by atoms with Crippen molar-refractivity contribution in [3.63, 3.8) is 0 Å². The fourth-order valence-corrected chi connectivity index (χ4v) is 2.29. The predicted octanol–water partition coefficient (Wildman–Crippen LogP) is 3.95. The van der Waals surface area contributed by atoms with Gasteiger partial charge in [0, 0.05) is 22.1 Å². The molecule has 2 N–H and O–H groups in total. The van der Waals surface area contributed by atoms with Crippen LogP contribution in [-0.4, -0.2) is 24.5 Å². The second kappa shape index (κ2) is 7.36. The van der Waals surface area contributed by atoms with E-state index >= 15 is 0 Å². The summed E-state index contributed by atoms with van der Waals surface area (Å²) in [6.07, 6.45) is 0.927. The Balaban J connectivity index is 2.63. The molecule has 0 aromatic heterocycles. The summed E-state index contributed by atoms with van der Waals surface area (Å²) in [6, 6.07) is 5.47. The normalized spacial score (nSPS) is 15.0. The minimum absolute atomic E-state index is 0.0486. The van der Waals surface area contributed by atoms with Gasteiger partial charge in [-0.3, -0.25) is 4.90 Å². The van der Waals surface area contributed by atoms with Gasteiger partial charge in [0.1, 0.15) is 5.82 Å². The third-order valence-corrected chi connectivity index (χ3v) is 4.24. The molecule has 1 aromatic rings. The first-order valence-electron chi connectivity index (χ1n) is 6.73. The molecule has 0 bridgehead atoms. The van der Waals surface area contributed by atoms with E-state index in [0.717, 1.165) is 23.0 Å². The van der Waals surface area contributed by atoms with Gasteiger partial charge in [-0.25, -0.2) is 4.39 Å². The number of rotatable bonds is 6. The first-order valence-corrected chi connectivity index (χ1v) is 7.53. The third kappa shape index (κ3) is 4.86. The molecule has 0 saturated heterocycles. The van der Waals surface area contributed by atoms with Crippen molar-refractivity contribution in [3.05, 3.63) is 34.1 Å². The summed E-state index contributed by atoms with van der Waals surface area (Å²) in [5.74, 6) is 0.315. The molecule has 108 valence electrons. The average molecular weight is 331 g/mol. The Morgan fingerprint density at radius 1 is 1.32 bits per heavy atom. The molecule has 0 aliphatic rings. The van der Waals surface area contributed by atoms with Crippen LogP contribution >= 0.6 is 15.9 Å². The fraction of sp³-hybridized carbons (Fsp3) is 0.600. The first-order chi connectivity index (χ1) is 8.82. The largest absolute Gasteiger partial charge is 0.327 e. The van der Waals surface area contributed by atoms with Crippen molar-refractivity contribution in [1.29, 1.82) is 0 Å². The second-order valence-corrected chi connectivity index (χ2v) is 6.43. The van der Waals surface area contributed by atoms with Gasteiger partial charge in [0.2, 0.25) is 0 Å². The second-order valence-electron chi connectivity index (χ2n) is 5.52. The van der Waals surface area contributed by atoms with Crippen LogP contribution in [0.3, 0.4) is 0 Å². The zero-order chi connectivity index (χ0) is 14.6. The van der Waals surface area contributed by atoms with Crippen molar-refractivity contribution in [3.8, 4) is 0 Å². The Kier molecular flexibility index (Phi) is 6.43. The van der Waals surface area contributed by atoms with E-state index in [1.165, 1.54) is 6.07 Å². The molecule has 0 saturated carbocycles. The molecule has 2 nitrogen and oxygen atoms in total. The average Bonchev–Trinajstić information content (AvgIpc) is 2.34. The Morgan fingerprint density at radius 2 is 1.95 bits per heavy atom. The van der Waals surface area contributed by atoms with E-state index in [0.29, 0.717) is 5.92 Å². The Bertz CT molecular complexity index is 409. The maximum Gasteiger partial charge on any atom is 0.129 e. The monoisotopic (exact) mass is 330 g/mol. The van der Waals surface area contributed by atoms with Gasteiger partial charge in [-0.1, -0.05) is 35.8 Å².